The summed E-state index contributed by atoms with van der Waals surface area (Å²) in [6, 6.07) is 6.17. The third-order valence-corrected chi connectivity index (χ3v) is 1.24. The summed E-state index contributed by atoms with van der Waals surface area (Å²) in [7, 11) is 0. The largest absolute Gasteiger partial charge is 0.206 e. The van der Waals surface area contributed by atoms with E-state index in [-0.39, 0.29) is 5.82 Å². The van der Waals surface area contributed by atoms with Gasteiger partial charge < -0.3 is 0 Å². The fourth-order valence-electron chi connectivity index (χ4n) is 0.637. The Balaban J connectivity index is 3.17. The lowest BCUT2D eigenvalue weighted by molar-refractivity contribution is 0.615. The zero-order valence-corrected chi connectivity index (χ0v) is 5.53. The maximum atomic E-state index is 12.5. The minimum absolute atomic E-state index is 0.241. The molecule has 9 heavy (non-hydrogen) atoms. The van der Waals surface area contributed by atoms with Crippen LogP contribution in [0.25, 0.3) is 0 Å². The Labute approximate surface area is 54.3 Å². The first-order chi connectivity index (χ1) is 4.20. The molecule has 0 nitrogen and oxygen atoms in total. The molecule has 0 aliphatic carbocycles. The van der Waals surface area contributed by atoms with Crippen LogP contribution in [0.2, 0.25) is 0 Å². The van der Waals surface area contributed by atoms with Gasteiger partial charge in [-0.2, -0.15) is 0 Å². The number of hydrogen-bond donors (Lipinski definition) is 0. The molecule has 0 spiro atoms. The summed E-state index contributed by atoms with van der Waals surface area (Å²) in [5.74, 6) is -0.241. The van der Waals surface area contributed by atoms with Gasteiger partial charge in [0, 0.05) is 6.07 Å². The molecule has 0 aromatic heterocycles. The molecule has 0 saturated heterocycles. The minimum atomic E-state index is -0.241. The number of aryl methyl sites for hydroxylation is 2. The molecule has 0 saturated carbocycles. The molecule has 0 aliphatic rings. The first kappa shape index (κ1) is 6.27. The van der Waals surface area contributed by atoms with E-state index in [0.717, 1.165) is 5.56 Å². The normalized spacial score (nSPS) is 9.67. The molecule has 1 heteroatoms. The number of hydrogen-bond acceptors (Lipinski definition) is 0. The monoisotopic (exact) mass is 123 g/mol. The highest BCUT2D eigenvalue weighted by Gasteiger charge is 1.94. The highest BCUT2D eigenvalue weighted by molar-refractivity contribution is 5.20. The summed E-state index contributed by atoms with van der Waals surface area (Å²) in [4.78, 5) is 0. The van der Waals surface area contributed by atoms with Gasteiger partial charge in [-0.1, -0.05) is 12.1 Å². The summed E-state index contributed by atoms with van der Waals surface area (Å²) in [6.07, 6.45) is 0. The lowest BCUT2D eigenvalue weighted by atomic mass is 10.2. The van der Waals surface area contributed by atoms with E-state index < -0.39 is 0 Å². The van der Waals surface area contributed by atoms with Crippen LogP contribution >= 0.6 is 0 Å². The predicted octanol–water partition coefficient (Wildman–Crippen LogP) is 2.24. The lowest BCUT2D eigenvalue weighted by Gasteiger charge is -1.93. The van der Waals surface area contributed by atoms with Gasteiger partial charge in [-0.15, -0.1) is 0 Å². The van der Waals surface area contributed by atoms with Crippen molar-refractivity contribution in [1.82, 2.24) is 0 Å². The summed E-state index contributed by atoms with van der Waals surface area (Å²) in [5.41, 5.74) is 1.50. The summed E-state index contributed by atoms with van der Waals surface area (Å²) in [5, 5.41) is 0. The van der Waals surface area contributed by atoms with Gasteiger partial charge in [0.1, 0.15) is 5.82 Å². The third-order valence-electron chi connectivity index (χ3n) is 1.24. The number of benzene rings is 1. The number of rotatable bonds is 0. The van der Waals surface area contributed by atoms with Crippen LogP contribution in [0, 0.1) is 25.7 Å². The van der Waals surface area contributed by atoms with Gasteiger partial charge in [-0.05, 0) is 25.0 Å². The second-order valence-corrected chi connectivity index (χ2v) is 2.14. The van der Waals surface area contributed by atoms with E-state index in [1.54, 1.807) is 13.0 Å². The molecule has 0 amide bonds. The van der Waals surface area contributed by atoms with Gasteiger partial charge in [0.15, 0.2) is 0 Å². The van der Waals surface area contributed by atoms with Crippen molar-refractivity contribution in [2.75, 3.05) is 0 Å². The zero-order valence-electron chi connectivity index (χ0n) is 5.53. The minimum Gasteiger partial charge on any atom is -0.206 e. The Bertz CT molecular complexity index is 216. The number of halogens is 1. The van der Waals surface area contributed by atoms with Crippen molar-refractivity contribution in [3.63, 3.8) is 0 Å². The van der Waals surface area contributed by atoms with Crippen LogP contribution in [0.5, 0.6) is 0 Å². The van der Waals surface area contributed by atoms with Crippen molar-refractivity contribution in [2.45, 2.75) is 13.8 Å². The molecule has 0 atom stereocenters. The molecular weight excluding hydrogens is 115 g/mol. The molecule has 1 rings (SSSR count). The summed E-state index contributed by atoms with van der Waals surface area (Å²) < 4.78 is 12.5. The molecule has 0 bridgehead atoms. The van der Waals surface area contributed by atoms with Gasteiger partial charge in [0.25, 0.3) is 0 Å². The molecule has 0 fully saturated rings. The highest BCUT2D eigenvalue weighted by atomic mass is 19.1. The Morgan fingerprint density at radius 2 is 2.00 bits per heavy atom. The topological polar surface area (TPSA) is 0 Å². The van der Waals surface area contributed by atoms with Crippen LogP contribution in [0.1, 0.15) is 11.1 Å². The Kier molecular flexibility index (Phi) is 1.52. The van der Waals surface area contributed by atoms with E-state index in [1.165, 1.54) is 0 Å². The van der Waals surface area contributed by atoms with E-state index in [2.05, 4.69) is 6.07 Å². The van der Waals surface area contributed by atoms with Gasteiger partial charge in [-0.3, -0.25) is 0 Å². The van der Waals surface area contributed by atoms with Gasteiger partial charge in [0.05, 0.1) is 0 Å². The zero-order chi connectivity index (χ0) is 6.85. The molecule has 1 aromatic carbocycles. The molecule has 0 unspecified atom stereocenters. The van der Waals surface area contributed by atoms with Gasteiger partial charge in [-0.25, -0.2) is 4.39 Å². The van der Waals surface area contributed by atoms with Crippen LogP contribution in [0.4, 0.5) is 4.39 Å². The quantitative estimate of drug-likeness (QED) is 0.496. The standard InChI is InChI=1S/C8H8F/c1-6-3-4-7(2)8(9)5-6/h3-4H,1-2H3. The van der Waals surface area contributed by atoms with Crippen LogP contribution < -0.4 is 0 Å². The molecule has 0 aliphatic heterocycles. The molecular formula is C8H8F. The van der Waals surface area contributed by atoms with Crippen molar-refractivity contribution in [3.8, 4) is 0 Å². The molecule has 0 N–H and O–H groups in total. The van der Waals surface area contributed by atoms with Crippen molar-refractivity contribution >= 4 is 0 Å². The van der Waals surface area contributed by atoms with Gasteiger partial charge >= 0.3 is 0 Å². The maximum Gasteiger partial charge on any atom is 0.134 e. The highest BCUT2D eigenvalue weighted by Crippen LogP contribution is 2.05. The van der Waals surface area contributed by atoms with Crippen molar-refractivity contribution in [2.24, 2.45) is 0 Å². The van der Waals surface area contributed by atoms with E-state index in [9.17, 15) is 4.39 Å². The SMILES string of the molecule is Cc1[c]c(F)c(C)cc1. The fourth-order valence-corrected chi connectivity index (χ4v) is 0.637. The molecule has 1 aromatic rings. The fraction of sp³-hybridized carbons (Fsp3) is 0.250. The smallest absolute Gasteiger partial charge is 0.134 e. The molecule has 1 radical (unpaired) electrons. The van der Waals surface area contributed by atoms with Crippen LogP contribution in [-0.2, 0) is 0 Å². The van der Waals surface area contributed by atoms with Crippen LogP contribution in [-0.4, -0.2) is 0 Å². The average molecular weight is 123 g/mol. The van der Waals surface area contributed by atoms with Crippen molar-refractivity contribution in [1.29, 1.82) is 0 Å². The van der Waals surface area contributed by atoms with Crippen LogP contribution in [0.3, 0.4) is 0 Å². The Morgan fingerprint density at radius 1 is 1.33 bits per heavy atom. The van der Waals surface area contributed by atoms with E-state index in [0.29, 0.717) is 5.56 Å². The Morgan fingerprint density at radius 3 is 2.44 bits per heavy atom. The third kappa shape index (κ3) is 1.28. The molecule has 47 valence electrons. The average Bonchev–Trinajstić information content (AvgIpc) is 1.80. The lowest BCUT2D eigenvalue weighted by Crippen LogP contribution is -1.82. The Hall–Kier alpha value is -0.850. The predicted molar refractivity (Wildman–Crippen MR) is 34.7 cm³/mol. The van der Waals surface area contributed by atoms with E-state index >= 15 is 0 Å². The van der Waals surface area contributed by atoms with E-state index in [4.69, 9.17) is 0 Å². The summed E-state index contributed by atoms with van der Waals surface area (Å²) in [6.45, 7) is 3.55. The van der Waals surface area contributed by atoms with Crippen molar-refractivity contribution < 1.29 is 4.39 Å². The van der Waals surface area contributed by atoms with Crippen LogP contribution in [0.15, 0.2) is 12.1 Å². The van der Waals surface area contributed by atoms with Crippen molar-refractivity contribution in [3.05, 3.63) is 35.1 Å². The first-order valence-corrected chi connectivity index (χ1v) is 2.85. The first-order valence-electron chi connectivity index (χ1n) is 2.85. The second kappa shape index (κ2) is 2.18. The molecule has 0 heterocycles. The van der Waals surface area contributed by atoms with Gasteiger partial charge in [0.2, 0.25) is 0 Å². The van der Waals surface area contributed by atoms with E-state index in [1.807, 2.05) is 13.0 Å². The second-order valence-electron chi connectivity index (χ2n) is 2.14. The summed E-state index contributed by atoms with van der Waals surface area (Å²) >= 11 is 0. The maximum absolute atomic E-state index is 12.5.